The van der Waals surface area contributed by atoms with Gasteiger partial charge in [-0.25, -0.2) is 0 Å². The smallest absolute Gasteiger partial charge is 0.383 e. The number of rotatable bonds is 3. The minimum Gasteiger partial charge on any atom is -0.383 e. The van der Waals surface area contributed by atoms with Crippen LogP contribution in [-0.2, 0) is 0 Å². The first-order valence-corrected chi connectivity index (χ1v) is 5.04. The first kappa shape index (κ1) is 12.2. The van der Waals surface area contributed by atoms with E-state index in [0.717, 1.165) is 18.3 Å². The van der Waals surface area contributed by atoms with Crippen molar-refractivity contribution in [2.45, 2.75) is 19.2 Å². The van der Waals surface area contributed by atoms with Crippen LogP contribution in [0.15, 0.2) is 17.5 Å². The molecule has 0 bridgehead atoms. The van der Waals surface area contributed by atoms with E-state index in [0.29, 0.717) is 0 Å². The van der Waals surface area contributed by atoms with Gasteiger partial charge in [-0.15, -0.1) is 11.3 Å². The Balaban J connectivity index is 2.78. The number of aliphatic hydroxyl groups excluding tert-OH is 1. The Morgan fingerprint density at radius 2 is 2.13 bits per heavy atom. The van der Waals surface area contributed by atoms with Crippen molar-refractivity contribution >= 4 is 17.1 Å². The molecule has 1 N–H and O–H groups in total. The summed E-state index contributed by atoms with van der Waals surface area (Å²) in [6, 6.07) is 3.01. The van der Waals surface area contributed by atoms with Gasteiger partial charge in [-0.05, 0) is 11.4 Å². The van der Waals surface area contributed by atoms with Gasteiger partial charge in [-0.2, -0.15) is 13.2 Å². The summed E-state index contributed by atoms with van der Waals surface area (Å²) in [4.78, 5) is 11.7. The molecule has 2 nitrogen and oxygen atoms in total. The zero-order valence-corrected chi connectivity index (χ0v) is 8.60. The number of aliphatic hydroxyl groups is 1. The first-order valence-electron chi connectivity index (χ1n) is 4.16. The molecule has 2 unspecified atom stereocenters. The van der Waals surface area contributed by atoms with E-state index in [-0.39, 0.29) is 4.88 Å². The number of halogens is 3. The average molecular weight is 238 g/mol. The van der Waals surface area contributed by atoms with Gasteiger partial charge in [-0.1, -0.05) is 13.0 Å². The van der Waals surface area contributed by atoms with Crippen molar-refractivity contribution < 1.29 is 23.1 Å². The monoisotopic (exact) mass is 238 g/mol. The van der Waals surface area contributed by atoms with Crippen LogP contribution in [-0.4, -0.2) is 23.2 Å². The van der Waals surface area contributed by atoms with Crippen LogP contribution >= 0.6 is 11.3 Å². The molecule has 2 atom stereocenters. The highest BCUT2D eigenvalue weighted by Crippen LogP contribution is 2.28. The lowest BCUT2D eigenvalue weighted by atomic mass is 9.98. The molecule has 0 aromatic carbocycles. The maximum Gasteiger partial charge on any atom is 0.415 e. The molecule has 15 heavy (non-hydrogen) atoms. The van der Waals surface area contributed by atoms with Crippen LogP contribution in [0.4, 0.5) is 13.2 Å². The van der Waals surface area contributed by atoms with Crippen LogP contribution in [0.5, 0.6) is 0 Å². The molecule has 0 saturated carbocycles. The maximum absolute atomic E-state index is 12.1. The predicted octanol–water partition coefficient (Wildman–Crippen LogP) is 2.49. The van der Waals surface area contributed by atoms with Gasteiger partial charge in [-0.3, -0.25) is 4.79 Å². The fourth-order valence-corrected chi connectivity index (χ4v) is 1.83. The van der Waals surface area contributed by atoms with Crippen molar-refractivity contribution in [2.24, 2.45) is 5.92 Å². The normalized spacial score (nSPS) is 16.1. The molecule has 0 amide bonds. The molecule has 84 valence electrons. The van der Waals surface area contributed by atoms with Crippen molar-refractivity contribution in [3.05, 3.63) is 22.4 Å². The molecule has 0 spiro atoms. The molecular formula is C9H9F3O2S. The van der Waals surface area contributed by atoms with Crippen LogP contribution in [0.25, 0.3) is 0 Å². The van der Waals surface area contributed by atoms with Gasteiger partial charge in [0, 0.05) is 0 Å². The SMILES string of the molecule is CC(C(=O)c1cccs1)C(O)C(F)(F)F. The topological polar surface area (TPSA) is 37.3 Å². The molecule has 0 aliphatic heterocycles. The standard InChI is InChI=1S/C9H9F3O2S/c1-5(8(14)9(10,11)12)7(13)6-3-2-4-15-6/h2-5,8,14H,1H3. The predicted molar refractivity (Wildman–Crippen MR) is 49.9 cm³/mol. The molecule has 1 rings (SSSR count). The van der Waals surface area contributed by atoms with Crippen molar-refractivity contribution in [3.8, 4) is 0 Å². The fraction of sp³-hybridized carbons (Fsp3) is 0.444. The Bertz CT molecular complexity index is 332. The highest BCUT2D eigenvalue weighted by molar-refractivity contribution is 7.12. The molecule has 0 aliphatic carbocycles. The first-order chi connectivity index (χ1) is 6.84. The molecule has 1 heterocycles. The van der Waals surface area contributed by atoms with E-state index < -0.39 is 24.0 Å². The quantitative estimate of drug-likeness (QED) is 0.821. The van der Waals surface area contributed by atoms with Crippen LogP contribution in [0.3, 0.4) is 0 Å². The van der Waals surface area contributed by atoms with E-state index in [2.05, 4.69) is 0 Å². The summed E-state index contributed by atoms with van der Waals surface area (Å²) in [5.74, 6) is -2.15. The second-order valence-corrected chi connectivity index (χ2v) is 4.06. The van der Waals surface area contributed by atoms with Crippen LogP contribution < -0.4 is 0 Å². The largest absolute Gasteiger partial charge is 0.415 e. The van der Waals surface area contributed by atoms with Gasteiger partial charge in [0.15, 0.2) is 11.9 Å². The number of hydrogen-bond donors (Lipinski definition) is 1. The molecule has 1 aromatic rings. The van der Waals surface area contributed by atoms with Gasteiger partial charge in [0.2, 0.25) is 0 Å². The van der Waals surface area contributed by atoms with E-state index in [1.54, 1.807) is 11.4 Å². The molecule has 1 aromatic heterocycles. The molecule has 0 aliphatic rings. The Hall–Kier alpha value is -0.880. The molecule has 0 radical (unpaired) electrons. The maximum atomic E-state index is 12.1. The number of alkyl halides is 3. The summed E-state index contributed by atoms with van der Waals surface area (Å²) in [6.07, 6.45) is -7.36. The van der Waals surface area contributed by atoms with Crippen molar-refractivity contribution in [2.75, 3.05) is 0 Å². The number of carbonyl (C=O) groups is 1. The zero-order valence-electron chi connectivity index (χ0n) is 7.78. The molecule has 0 fully saturated rings. The van der Waals surface area contributed by atoms with Crippen LogP contribution in [0.2, 0.25) is 0 Å². The zero-order chi connectivity index (χ0) is 11.6. The number of Topliss-reactive ketones (excluding diaryl/α,β-unsaturated/α-hetero) is 1. The number of ketones is 1. The second-order valence-electron chi connectivity index (χ2n) is 3.12. The molecular weight excluding hydrogens is 229 g/mol. The Kier molecular flexibility index (Phi) is 3.51. The van der Waals surface area contributed by atoms with Gasteiger partial charge >= 0.3 is 6.18 Å². The summed E-state index contributed by atoms with van der Waals surface area (Å²) in [5.41, 5.74) is 0. The number of carbonyl (C=O) groups excluding carboxylic acids is 1. The van der Waals surface area contributed by atoms with Crippen molar-refractivity contribution in [3.63, 3.8) is 0 Å². The van der Waals surface area contributed by atoms with Crippen molar-refractivity contribution in [1.29, 1.82) is 0 Å². The summed E-state index contributed by atoms with van der Waals surface area (Å²) in [5, 5.41) is 10.5. The number of hydrogen-bond acceptors (Lipinski definition) is 3. The van der Waals surface area contributed by atoms with Gasteiger partial charge in [0.25, 0.3) is 0 Å². The van der Waals surface area contributed by atoms with Gasteiger partial charge in [0.1, 0.15) is 0 Å². The summed E-state index contributed by atoms with van der Waals surface area (Å²) < 4.78 is 36.3. The van der Waals surface area contributed by atoms with Crippen molar-refractivity contribution in [1.82, 2.24) is 0 Å². The minimum absolute atomic E-state index is 0.228. The summed E-state index contributed by atoms with van der Waals surface area (Å²) in [7, 11) is 0. The third-order valence-corrected chi connectivity index (χ3v) is 2.87. The van der Waals surface area contributed by atoms with E-state index in [1.807, 2.05) is 0 Å². The lowest BCUT2D eigenvalue weighted by Crippen LogP contribution is -2.38. The highest BCUT2D eigenvalue weighted by Gasteiger charge is 2.44. The Labute approximate surface area is 88.3 Å². The minimum atomic E-state index is -4.76. The molecule has 0 saturated heterocycles. The Morgan fingerprint density at radius 3 is 2.53 bits per heavy atom. The lowest BCUT2D eigenvalue weighted by molar-refractivity contribution is -0.212. The fourth-order valence-electron chi connectivity index (χ4n) is 1.07. The third-order valence-electron chi connectivity index (χ3n) is 1.99. The van der Waals surface area contributed by atoms with E-state index in [9.17, 15) is 18.0 Å². The van der Waals surface area contributed by atoms with E-state index in [1.165, 1.54) is 6.07 Å². The van der Waals surface area contributed by atoms with E-state index in [4.69, 9.17) is 5.11 Å². The third kappa shape index (κ3) is 2.79. The highest BCUT2D eigenvalue weighted by atomic mass is 32.1. The van der Waals surface area contributed by atoms with Crippen LogP contribution in [0.1, 0.15) is 16.6 Å². The summed E-state index contributed by atoms with van der Waals surface area (Å²) >= 11 is 1.06. The summed E-state index contributed by atoms with van der Waals surface area (Å²) in [6.45, 7) is 1.07. The van der Waals surface area contributed by atoms with Crippen LogP contribution in [0, 0.1) is 5.92 Å². The second kappa shape index (κ2) is 4.32. The van der Waals surface area contributed by atoms with Gasteiger partial charge in [0.05, 0.1) is 10.8 Å². The number of thiophene rings is 1. The van der Waals surface area contributed by atoms with E-state index >= 15 is 0 Å². The Morgan fingerprint density at radius 1 is 1.53 bits per heavy atom. The average Bonchev–Trinajstić information content (AvgIpc) is 2.65. The molecule has 6 heteroatoms. The lowest BCUT2D eigenvalue weighted by Gasteiger charge is -2.19. The van der Waals surface area contributed by atoms with Gasteiger partial charge < -0.3 is 5.11 Å².